The van der Waals surface area contributed by atoms with Gasteiger partial charge in [0.1, 0.15) is 12.2 Å². The lowest BCUT2D eigenvalue weighted by molar-refractivity contribution is -0.154. The Labute approximate surface area is 254 Å². The van der Waals surface area contributed by atoms with Crippen molar-refractivity contribution >= 4 is 20.4 Å². The molecule has 0 unspecified atom stereocenters. The van der Waals surface area contributed by atoms with E-state index in [1.165, 1.54) is 44.9 Å². The van der Waals surface area contributed by atoms with Crippen LogP contribution in [0.4, 0.5) is 4.79 Å². The molecule has 0 aromatic rings. The van der Waals surface area contributed by atoms with Crippen LogP contribution >= 0.6 is 0 Å². The largest absolute Gasteiger partial charge is 0.463 e. The Hall–Kier alpha value is -1.60. The van der Waals surface area contributed by atoms with Crippen LogP contribution < -0.4 is 5.32 Å². The summed E-state index contributed by atoms with van der Waals surface area (Å²) in [4.78, 5) is 25.4. The Morgan fingerprint density at radius 1 is 0.780 bits per heavy atom. The van der Waals surface area contributed by atoms with Crippen molar-refractivity contribution in [2.24, 2.45) is 5.41 Å². The molecule has 0 saturated heterocycles. The minimum atomic E-state index is -2.22. The van der Waals surface area contributed by atoms with Crippen molar-refractivity contribution in [1.29, 1.82) is 0 Å². The van der Waals surface area contributed by atoms with E-state index in [1.54, 1.807) is 0 Å². The molecular formula is C34H65NO5Si. The van der Waals surface area contributed by atoms with Gasteiger partial charge in [0.2, 0.25) is 0 Å². The number of amides is 1. The summed E-state index contributed by atoms with van der Waals surface area (Å²) < 4.78 is 18.0. The molecular weight excluding hydrogens is 530 g/mol. The van der Waals surface area contributed by atoms with Crippen molar-refractivity contribution in [1.82, 2.24) is 5.32 Å². The molecule has 0 heterocycles. The smallest absolute Gasteiger partial charge is 0.408 e. The lowest BCUT2D eigenvalue weighted by Gasteiger charge is -2.40. The van der Waals surface area contributed by atoms with Crippen LogP contribution in [0.15, 0.2) is 24.3 Å². The first-order chi connectivity index (χ1) is 18.8. The zero-order valence-electron chi connectivity index (χ0n) is 28.8. The normalized spacial score (nSPS) is 14.8. The average Bonchev–Trinajstić information content (AvgIpc) is 2.81. The van der Waals surface area contributed by atoms with Crippen LogP contribution in [0.2, 0.25) is 18.1 Å². The zero-order valence-corrected chi connectivity index (χ0v) is 29.8. The first-order valence-corrected chi connectivity index (χ1v) is 18.9. The summed E-state index contributed by atoms with van der Waals surface area (Å²) in [5.74, 6) is -0.321. The van der Waals surface area contributed by atoms with Crippen molar-refractivity contribution in [3.05, 3.63) is 24.3 Å². The number of carbonyl (C=O) groups excluding carboxylic acids is 2. The molecule has 0 bridgehead atoms. The maximum Gasteiger partial charge on any atom is 0.408 e. The Kier molecular flexibility index (Phi) is 18.1. The van der Waals surface area contributed by atoms with Crippen LogP contribution in [0.1, 0.15) is 133 Å². The summed E-state index contributed by atoms with van der Waals surface area (Å²) in [6.07, 6.45) is 19.8. The predicted molar refractivity (Wildman–Crippen MR) is 176 cm³/mol. The van der Waals surface area contributed by atoms with E-state index in [0.29, 0.717) is 0 Å². The molecule has 0 aromatic heterocycles. The zero-order chi connectivity index (χ0) is 31.7. The van der Waals surface area contributed by atoms with E-state index in [2.05, 4.69) is 64.3 Å². The predicted octanol–water partition coefficient (Wildman–Crippen LogP) is 9.89. The molecule has 7 heteroatoms. The van der Waals surface area contributed by atoms with Crippen LogP contribution in [-0.4, -0.2) is 44.7 Å². The Balaban J connectivity index is 5.44. The highest BCUT2D eigenvalue weighted by Crippen LogP contribution is 2.38. The second-order valence-corrected chi connectivity index (χ2v) is 19.6. The molecule has 1 amide bonds. The highest BCUT2D eigenvalue weighted by molar-refractivity contribution is 6.74. The molecule has 41 heavy (non-hydrogen) atoms. The lowest BCUT2D eigenvalue weighted by Crippen LogP contribution is -2.53. The number of hydrogen-bond acceptors (Lipinski definition) is 5. The average molecular weight is 596 g/mol. The quantitative estimate of drug-likeness (QED) is 0.0739. The minimum Gasteiger partial charge on any atom is -0.463 e. The van der Waals surface area contributed by atoms with E-state index in [9.17, 15) is 9.59 Å². The van der Waals surface area contributed by atoms with Gasteiger partial charge in [-0.25, -0.2) is 4.79 Å². The van der Waals surface area contributed by atoms with Gasteiger partial charge in [-0.1, -0.05) is 77.7 Å². The summed E-state index contributed by atoms with van der Waals surface area (Å²) in [5, 5.41) is 2.92. The van der Waals surface area contributed by atoms with E-state index < -0.39 is 37.6 Å². The fraction of sp³-hybridized carbons (Fsp3) is 0.824. The number of unbranched alkanes of at least 4 members (excludes halogenated alkanes) is 8. The molecule has 0 aromatic carbocycles. The van der Waals surface area contributed by atoms with Gasteiger partial charge in [0, 0.05) is 0 Å². The number of esters is 1. The first kappa shape index (κ1) is 39.4. The van der Waals surface area contributed by atoms with E-state index in [0.717, 1.165) is 19.3 Å². The number of carbonyl (C=O) groups is 2. The van der Waals surface area contributed by atoms with Crippen molar-refractivity contribution in [2.75, 3.05) is 6.61 Å². The summed E-state index contributed by atoms with van der Waals surface area (Å²) in [7, 11) is -2.22. The first-order valence-electron chi connectivity index (χ1n) is 16.0. The Bertz CT molecular complexity index is 799. The van der Waals surface area contributed by atoms with Crippen LogP contribution in [-0.2, 0) is 18.7 Å². The highest BCUT2D eigenvalue weighted by Gasteiger charge is 2.41. The number of alkyl carbamates (subject to hydrolysis) is 1. The van der Waals surface area contributed by atoms with Gasteiger partial charge in [0.05, 0.1) is 17.6 Å². The standard InChI is InChI=1S/C34H65NO5Si/c1-13-14-15-16-17-18-19-20-21-22-23-24-25-26-29(40-41(11,12)34(8,9)10)28(27-38-30(36)32(2,3)4)35-31(37)39-33(5,6)7/h18-19,25-26,28-29H,13-17,20-24,27H2,1-12H3,(H,35,37)/b19-18-,26-25-/t28-,29+/m0/s1. The maximum absolute atomic E-state index is 12.8. The lowest BCUT2D eigenvalue weighted by atomic mass is 9.97. The summed E-state index contributed by atoms with van der Waals surface area (Å²) >= 11 is 0. The van der Waals surface area contributed by atoms with Gasteiger partial charge < -0.3 is 19.2 Å². The third-order valence-electron chi connectivity index (χ3n) is 7.30. The fourth-order valence-corrected chi connectivity index (χ4v) is 4.97. The third kappa shape index (κ3) is 19.3. The molecule has 0 aliphatic carbocycles. The van der Waals surface area contributed by atoms with Gasteiger partial charge in [-0.05, 0) is 98.2 Å². The third-order valence-corrected chi connectivity index (χ3v) is 11.8. The van der Waals surface area contributed by atoms with E-state index in [1.807, 2.05) is 47.6 Å². The molecule has 240 valence electrons. The SMILES string of the molecule is CCCCCC/C=C\CCCCC/C=C\[C@@H](O[Si](C)(C)C(C)(C)C)[C@H](COC(=O)C(C)(C)C)NC(=O)OC(C)(C)C. The molecule has 0 fully saturated rings. The number of rotatable bonds is 18. The minimum absolute atomic E-state index is 0.00373. The molecule has 2 atom stereocenters. The fourth-order valence-electron chi connectivity index (χ4n) is 3.69. The number of hydrogen-bond donors (Lipinski definition) is 1. The molecule has 0 saturated carbocycles. The highest BCUT2D eigenvalue weighted by atomic mass is 28.4. The molecule has 0 aliphatic rings. The van der Waals surface area contributed by atoms with Crippen molar-refractivity contribution < 1.29 is 23.5 Å². The van der Waals surface area contributed by atoms with Crippen LogP contribution in [0.3, 0.4) is 0 Å². The second kappa shape index (κ2) is 18.8. The van der Waals surface area contributed by atoms with Gasteiger partial charge in [-0.2, -0.15) is 0 Å². The molecule has 0 rings (SSSR count). The second-order valence-electron chi connectivity index (χ2n) is 14.8. The monoisotopic (exact) mass is 595 g/mol. The van der Waals surface area contributed by atoms with E-state index in [-0.39, 0.29) is 17.6 Å². The van der Waals surface area contributed by atoms with Crippen molar-refractivity contribution in [3.8, 4) is 0 Å². The van der Waals surface area contributed by atoms with Crippen molar-refractivity contribution in [2.45, 2.75) is 169 Å². The molecule has 1 N–H and O–H groups in total. The molecule has 0 aliphatic heterocycles. The molecule has 6 nitrogen and oxygen atoms in total. The van der Waals surface area contributed by atoms with E-state index >= 15 is 0 Å². The maximum atomic E-state index is 12.8. The van der Waals surface area contributed by atoms with Crippen LogP contribution in [0.5, 0.6) is 0 Å². The topological polar surface area (TPSA) is 73.9 Å². The van der Waals surface area contributed by atoms with Crippen molar-refractivity contribution in [3.63, 3.8) is 0 Å². The van der Waals surface area contributed by atoms with Gasteiger partial charge >= 0.3 is 12.1 Å². The van der Waals surface area contributed by atoms with E-state index in [4.69, 9.17) is 13.9 Å². The van der Waals surface area contributed by atoms with Crippen LogP contribution in [0.25, 0.3) is 0 Å². The Morgan fingerprint density at radius 2 is 1.29 bits per heavy atom. The van der Waals surface area contributed by atoms with Gasteiger partial charge in [-0.15, -0.1) is 0 Å². The molecule has 0 spiro atoms. The summed E-state index contributed by atoms with van der Waals surface area (Å²) in [5.41, 5.74) is -1.29. The van der Waals surface area contributed by atoms with Gasteiger partial charge in [0.15, 0.2) is 8.32 Å². The van der Waals surface area contributed by atoms with Crippen LogP contribution in [0, 0.1) is 5.41 Å². The number of allylic oxidation sites excluding steroid dienone is 3. The number of ether oxygens (including phenoxy) is 2. The Morgan fingerprint density at radius 3 is 1.76 bits per heavy atom. The number of nitrogens with one attached hydrogen (secondary N) is 1. The summed E-state index contributed by atoms with van der Waals surface area (Å²) in [6.45, 7) is 24.1. The van der Waals surface area contributed by atoms with Gasteiger partial charge in [-0.3, -0.25) is 4.79 Å². The summed E-state index contributed by atoms with van der Waals surface area (Å²) in [6, 6.07) is -0.580. The molecule has 0 radical (unpaired) electrons. The van der Waals surface area contributed by atoms with Gasteiger partial charge in [0.25, 0.3) is 0 Å².